The lowest BCUT2D eigenvalue weighted by Crippen LogP contribution is -2.46. The molecule has 1 aliphatic carbocycles. The van der Waals surface area contributed by atoms with Gasteiger partial charge in [0.1, 0.15) is 22.4 Å². The van der Waals surface area contributed by atoms with Gasteiger partial charge in [0.25, 0.3) is 11.8 Å². The monoisotopic (exact) mass is 551 g/mol. The van der Waals surface area contributed by atoms with E-state index in [0.29, 0.717) is 22.7 Å². The number of ether oxygens (including phenoxy) is 2. The summed E-state index contributed by atoms with van der Waals surface area (Å²) < 4.78 is 15.2. The third-order valence-corrected chi connectivity index (χ3v) is 8.00. The predicted octanol–water partition coefficient (Wildman–Crippen LogP) is 3.91. The van der Waals surface area contributed by atoms with Gasteiger partial charge in [0.2, 0.25) is 5.91 Å². The van der Waals surface area contributed by atoms with Crippen molar-refractivity contribution in [1.82, 2.24) is 9.69 Å². The smallest absolute Gasteiger partial charge is 0.273 e. The number of benzene rings is 2. The van der Waals surface area contributed by atoms with Crippen LogP contribution in [0.15, 0.2) is 36.4 Å². The largest absolute Gasteiger partial charge is 0.497 e. The summed E-state index contributed by atoms with van der Waals surface area (Å²) in [6.45, 7) is 3.80. The molecule has 206 valence electrons. The number of nitrogens with one attached hydrogen (secondary N) is 1. The first-order valence-electron chi connectivity index (χ1n) is 12.6. The van der Waals surface area contributed by atoms with Gasteiger partial charge in [-0.3, -0.25) is 19.3 Å². The van der Waals surface area contributed by atoms with Gasteiger partial charge in [-0.05, 0) is 73.6 Å². The van der Waals surface area contributed by atoms with Crippen LogP contribution in [0.2, 0.25) is 0 Å². The highest BCUT2D eigenvalue weighted by Gasteiger charge is 2.39. The highest BCUT2D eigenvalue weighted by molar-refractivity contribution is 7.09. The second-order valence-corrected chi connectivity index (χ2v) is 10.3. The van der Waals surface area contributed by atoms with Crippen LogP contribution in [-0.2, 0) is 4.79 Å². The summed E-state index contributed by atoms with van der Waals surface area (Å²) >= 11 is 0.766. The molecule has 1 aromatic heterocycles. The Morgan fingerprint density at radius 2 is 1.82 bits per heavy atom. The molecule has 3 amide bonds. The Morgan fingerprint density at radius 3 is 2.44 bits per heavy atom. The Hall–Kier alpha value is -4.12. The highest BCUT2D eigenvalue weighted by Crippen LogP contribution is 2.40. The molecule has 0 aliphatic heterocycles. The minimum atomic E-state index is -1.16. The van der Waals surface area contributed by atoms with Crippen LogP contribution in [0, 0.1) is 13.8 Å². The highest BCUT2D eigenvalue weighted by atomic mass is 32.1. The Bertz CT molecular complexity index is 1400. The topological polar surface area (TPSA) is 150 Å². The zero-order valence-corrected chi connectivity index (χ0v) is 23.3. The third kappa shape index (κ3) is 5.53. The SMILES string of the molecule is COc1ccc(OC)c(C(C(=O)NC2CCCC2)N(C(=O)c2snc(C(N)=O)c2N)c2cccc(C)c2C)c1. The lowest BCUT2D eigenvalue weighted by atomic mass is 9.98. The summed E-state index contributed by atoms with van der Waals surface area (Å²) in [6, 6.07) is 9.44. The number of carbonyl (C=O) groups excluding carboxylic acids is 3. The maximum atomic E-state index is 14.4. The molecule has 0 spiro atoms. The molecule has 0 radical (unpaired) electrons. The van der Waals surface area contributed by atoms with E-state index in [0.717, 1.165) is 48.3 Å². The number of carbonyl (C=O) groups is 3. The molecule has 10 nitrogen and oxygen atoms in total. The van der Waals surface area contributed by atoms with Gasteiger partial charge in [-0.15, -0.1) is 0 Å². The van der Waals surface area contributed by atoms with Gasteiger partial charge in [-0.1, -0.05) is 25.0 Å². The number of methoxy groups -OCH3 is 2. The molecule has 39 heavy (non-hydrogen) atoms. The molecule has 5 N–H and O–H groups in total. The molecule has 1 saturated carbocycles. The summed E-state index contributed by atoms with van der Waals surface area (Å²) in [5, 5.41) is 3.15. The van der Waals surface area contributed by atoms with Crippen molar-refractivity contribution in [1.29, 1.82) is 0 Å². The number of aromatic nitrogens is 1. The van der Waals surface area contributed by atoms with E-state index in [9.17, 15) is 14.4 Å². The number of nitrogens with two attached hydrogens (primary N) is 2. The van der Waals surface area contributed by atoms with E-state index in [4.69, 9.17) is 20.9 Å². The van der Waals surface area contributed by atoms with Crippen LogP contribution in [0.3, 0.4) is 0 Å². The molecule has 1 aliphatic rings. The molecule has 1 unspecified atom stereocenters. The van der Waals surface area contributed by atoms with Crippen molar-refractivity contribution >= 4 is 40.6 Å². The molecule has 1 atom stereocenters. The van der Waals surface area contributed by atoms with Crippen molar-refractivity contribution in [3.63, 3.8) is 0 Å². The van der Waals surface area contributed by atoms with E-state index in [1.807, 2.05) is 26.0 Å². The lowest BCUT2D eigenvalue weighted by Gasteiger charge is -2.34. The second-order valence-electron chi connectivity index (χ2n) is 9.53. The summed E-state index contributed by atoms with van der Waals surface area (Å²) in [5.41, 5.74) is 14.0. The fourth-order valence-electron chi connectivity index (χ4n) is 4.90. The van der Waals surface area contributed by atoms with E-state index in [1.165, 1.54) is 19.1 Å². The number of rotatable bonds is 9. The van der Waals surface area contributed by atoms with Gasteiger partial charge in [0.05, 0.1) is 19.9 Å². The van der Waals surface area contributed by atoms with Crippen LogP contribution in [0.25, 0.3) is 0 Å². The van der Waals surface area contributed by atoms with Gasteiger partial charge in [-0.25, -0.2) is 0 Å². The number of nitrogens with zero attached hydrogens (tertiary/aromatic N) is 2. The van der Waals surface area contributed by atoms with Crippen LogP contribution in [0.4, 0.5) is 11.4 Å². The molecule has 1 fully saturated rings. The zero-order chi connectivity index (χ0) is 28.3. The average molecular weight is 552 g/mol. The number of anilines is 2. The predicted molar refractivity (Wildman–Crippen MR) is 150 cm³/mol. The van der Waals surface area contributed by atoms with Crippen molar-refractivity contribution in [2.75, 3.05) is 24.9 Å². The average Bonchev–Trinajstić information content (AvgIpc) is 3.57. The quantitative estimate of drug-likeness (QED) is 0.365. The van der Waals surface area contributed by atoms with Crippen molar-refractivity contribution in [2.45, 2.75) is 51.6 Å². The van der Waals surface area contributed by atoms with E-state index in [1.54, 1.807) is 24.3 Å². The van der Waals surface area contributed by atoms with Gasteiger partial charge in [0.15, 0.2) is 5.69 Å². The molecule has 1 heterocycles. The van der Waals surface area contributed by atoms with Crippen molar-refractivity contribution in [3.8, 4) is 11.5 Å². The first-order chi connectivity index (χ1) is 18.7. The normalized spacial score (nSPS) is 14.1. The standard InChI is InChI=1S/C28H33N5O5S/c1-15-8-7-11-20(16(15)2)33(28(36)25-22(29)23(26(30)34)32-39-25)24(27(35)31-17-9-5-6-10-17)19-14-18(37-3)12-13-21(19)38-4/h7-8,11-14,17,24H,5-6,9-10,29H2,1-4H3,(H2,30,34)(H,31,35). The molecular weight excluding hydrogens is 518 g/mol. The first-order valence-corrected chi connectivity index (χ1v) is 13.4. The summed E-state index contributed by atoms with van der Waals surface area (Å²) in [5.74, 6) is -0.915. The number of hydrogen-bond acceptors (Lipinski definition) is 8. The first kappa shape index (κ1) is 27.9. The second kappa shape index (κ2) is 11.7. The summed E-state index contributed by atoms with van der Waals surface area (Å²) in [4.78, 5) is 41.9. The van der Waals surface area contributed by atoms with Gasteiger partial charge < -0.3 is 26.3 Å². The minimum absolute atomic E-state index is 0.00485. The Labute approximate surface area is 231 Å². The van der Waals surface area contributed by atoms with Gasteiger partial charge in [-0.2, -0.15) is 4.37 Å². The van der Waals surface area contributed by atoms with Gasteiger partial charge in [0, 0.05) is 17.3 Å². The Balaban J connectivity index is 1.97. The zero-order valence-electron chi connectivity index (χ0n) is 22.4. The molecule has 11 heteroatoms. The van der Waals surface area contributed by atoms with E-state index in [2.05, 4.69) is 9.69 Å². The number of amides is 3. The van der Waals surface area contributed by atoms with E-state index < -0.39 is 17.9 Å². The Morgan fingerprint density at radius 1 is 1.10 bits per heavy atom. The number of aryl methyl sites for hydroxylation is 1. The third-order valence-electron chi connectivity index (χ3n) is 7.15. The molecule has 0 saturated heterocycles. The van der Waals surface area contributed by atoms with Crippen LogP contribution in [-0.4, -0.2) is 42.4 Å². The number of nitrogen functional groups attached to an aromatic ring is 1. The minimum Gasteiger partial charge on any atom is -0.497 e. The van der Waals surface area contributed by atoms with Gasteiger partial charge >= 0.3 is 0 Å². The lowest BCUT2D eigenvalue weighted by molar-refractivity contribution is -0.123. The molecule has 3 aromatic rings. The summed E-state index contributed by atoms with van der Waals surface area (Å²) in [6.07, 6.45) is 3.75. The van der Waals surface area contributed by atoms with E-state index >= 15 is 0 Å². The molecule has 0 bridgehead atoms. The van der Waals surface area contributed by atoms with Crippen molar-refractivity contribution in [3.05, 3.63) is 63.7 Å². The fourth-order valence-corrected chi connectivity index (χ4v) is 5.64. The van der Waals surface area contributed by atoms with Crippen LogP contribution >= 0.6 is 11.5 Å². The fraction of sp³-hybridized carbons (Fsp3) is 0.357. The molecule has 2 aromatic carbocycles. The number of hydrogen-bond donors (Lipinski definition) is 3. The molecule has 4 rings (SSSR count). The van der Waals surface area contributed by atoms with Crippen LogP contribution in [0.1, 0.15) is 68.6 Å². The summed E-state index contributed by atoms with van der Waals surface area (Å²) in [7, 11) is 3.03. The van der Waals surface area contributed by atoms with Crippen LogP contribution < -0.4 is 31.2 Å². The Kier molecular flexibility index (Phi) is 8.39. The van der Waals surface area contributed by atoms with E-state index in [-0.39, 0.29) is 28.2 Å². The maximum Gasteiger partial charge on any atom is 0.273 e. The van der Waals surface area contributed by atoms with Crippen molar-refractivity contribution in [2.24, 2.45) is 5.73 Å². The van der Waals surface area contributed by atoms with Crippen LogP contribution in [0.5, 0.6) is 11.5 Å². The maximum absolute atomic E-state index is 14.4. The molecular formula is C28H33N5O5S. The number of primary amides is 1. The van der Waals surface area contributed by atoms with Crippen molar-refractivity contribution < 1.29 is 23.9 Å².